The van der Waals surface area contributed by atoms with Gasteiger partial charge in [0.2, 0.25) is 0 Å². The summed E-state index contributed by atoms with van der Waals surface area (Å²) in [6, 6.07) is 25.0. The first-order valence-electron chi connectivity index (χ1n) is 17.8. The molecule has 3 aromatic rings. The van der Waals surface area contributed by atoms with Crippen molar-refractivity contribution in [1.82, 2.24) is 0 Å². The number of hydrogen-bond acceptors (Lipinski definition) is 1. The van der Waals surface area contributed by atoms with Crippen molar-refractivity contribution >= 4 is 30.1 Å². The summed E-state index contributed by atoms with van der Waals surface area (Å²) in [5, 5.41) is 5.95. The number of para-hydroxylation sites is 1. The average molecular weight is 590 g/mol. The summed E-state index contributed by atoms with van der Waals surface area (Å²) in [7, 11) is 0.366. The zero-order chi connectivity index (χ0) is 29.9. The molecule has 0 aliphatic carbocycles. The largest absolute Gasteiger partial charge is 0.355 e. The number of anilines is 2. The van der Waals surface area contributed by atoms with Gasteiger partial charge in [0.05, 0.1) is 0 Å². The summed E-state index contributed by atoms with van der Waals surface area (Å²) in [5.74, 6) is 0. The Bertz CT molecular complexity index is 957. The van der Waals surface area contributed by atoms with Gasteiger partial charge in [0.1, 0.15) is 0 Å². The van der Waals surface area contributed by atoms with Crippen LogP contribution in [-0.2, 0) is 0 Å². The van der Waals surface area contributed by atoms with Crippen molar-refractivity contribution in [2.45, 2.75) is 136 Å². The van der Waals surface area contributed by atoms with E-state index in [0.29, 0.717) is 7.92 Å². The second kappa shape index (κ2) is 25.6. The molecule has 0 unspecified atom stereocenters. The Kier molecular flexibility index (Phi) is 22.2. The monoisotopic (exact) mass is 589 g/mol. The molecule has 0 spiro atoms. The van der Waals surface area contributed by atoms with E-state index in [9.17, 15) is 0 Å². The van der Waals surface area contributed by atoms with E-state index in [4.69, 9.17) is 0 Å². The van der Waals surface area contributed by atoms with Crippen molar-refractivity contribution in [2.24, 2.45) is 0 Å². The van der Waals surface area contributed by atoms with Crippen LogP contribution in [0.25, 0.3) is 10.8 Å². The van der Waals surface area contributed by atoms with Gasteiger partial charge >= 0.3 is 0 Å². The van der Waals surface area contributed by atoms with Gasteiger partial charge in [-0.05, 0) is 61.3 Å². The Labute approximate surface area is 262 Å². The number of unbranched alkanes of at least 4 members (excludes halogenated alkanes) is 15. The lowest BCUT2D eigenvalue weighted by Gasteiger charge is -2.18. The highest BCUT2D eigenvalue weighted by atomic mass is 31.1. The van der Waals surface area contributed by atoms with Crippen LogP contribution in [0.4, 0.5) is 11.4 Å². The topological polar surface area (TPSA) is 12.0 Å². The molecular weight excluding hydrogens is 525 g/mol. The predicted molar refractivity (Wildman–Crippen MR) is 195 cm³/mol. The molecule has 0 aliphatic heterocycles. The Morgan fingerprint density at radius 3 is 1.38 bits per heavy atom. The minimum atomic E-state index is 0.366. The van der Waals surface area contributed by atoms with Gasteiger partial charge in [-0.1, -0.05) is 172 Å². The molecular formula is C40H64NP. The molecule has 1 N–H and O–H groups in total. The third-order valence-corrected chi connectivity index (χ3v) is 11.2. The van der Waals surface area contributed by atoms with Gasteiger partial charge in [0.15, 0.2) is 0 Å². The lowest BCUT2D eigenvalue weighted by atomic mass is 10.1. The fourth-order valence-corrected chi connectivity index (χ4v) is 8.38. The maximum absolute atomic E-state index is 3.45. The van der Waals surface area contributed by atoms with Crippen molar-refractivity contribution in [1.29, 1.82) is 0 Å². The Balaban J connectivity index is 0.000000311. The molecule has 0 amide bonds. The van der Waals surface area contributed by atoms with E-state index in [0.717, 1.165) is 11.4 Å². The number of nitrogens with one attached hydrogen (secondary N) is 1. The van der Waals surface area contributed by atoms with Crippen molar-refractivity contribution < 1.29 is 0 Å². The Morgan fingerprint density at radius 2 is 0.857 bits per heavy atom. The molecule has 0 aromatic heterocycles. The lowest BCUT2D eigenvalue weighted by Crippen LogP contribution is -1.97. The molecule has 0 atom stereocenters. The van der Waals surface area contributed by atoms with Gasteiger partial charge in [0.25, 0.3) is 0 Å². The molecule has 0 saturated carbocycles. The molecule has 1 nitrogen and oxygen atoms in total. The molecule has 0 aliphatic rings. The van der Waals surface area contributed by atoms with E-state index in [1.807, 2.05) is 18.2 Å². The van der Waals surface area contributed by atoms with E-state index in [1.165, 1.54) is 126 Å². The predicted octanol–water partition coefficient (Wildman–Crippen LogP) is 14.1. The zero-order valence-corrected chi connectivity index (χ0v) is 28.6. The molecule has 0 heterocycles. The normalized spacial score (nSPS) is 11.0. The van der Waals surface area contributed by atoms with Gasteiger partial charge in [0, 0.05) is 16.8 Å². The summed E-state index contributed by atoms with van der Waals surface area (Å²) in [6.07, 6.45) is 31.2. The second-order valence-corrected chi connectivity index (χ2v) is 14.8. The first kappa shape index (κ1) is 36.3. The van der Waals surface area contributed by atoms with E-state index < -0.39 is 0 Å². The van der Waals surface area contributed by atoms with Crippen LogP contribution in [-0.4, -0.2) is 18.5 Å². The highest BCUT2D eigenvalue weighted by molar-refractivity contribution is 7.57. The van der Waals surface area contributed by atoms with Crippen molar-refractivity contribution in [3.05, 3.63) is 72.8 Å². The smallest absolute Gasteiger partial charge is 0.0463 e. The van der Waals surface area contributed by atoms with Gasteiger partial charge in [-0.2, -0.15) is 0 Å². The molecule has 2 heteroatoms. The van der Waals surface area contributed by atoms with Crippen LogP contribution < -0.4 is 5.32 Å². The first-order chi connectivity index (χ1) is 20.8. The third-order valence-electron chi connectivity index (χ3n) is 8.33. The van der Waals surface area contributed by atoms with E-state index >= 15 is 0 Å². The van der Waals surface area contributed by atoms with Crippen LogP contribution in [0.5, 0.6) is 0 Å². The highest BCUT2D eigenvalue weighted by Gasteiger charge is 2.08. The van der Waals surface area contributed by atoms with Crippen LogP contribution in [0.15, 0.2) is 72.8 Å². The fraction of sp³-hybridized carbons (Fsp3) is 0.600. The quantitative estimate of drug-likeness (QED) is 0.0857. The maximum Gasteiger partial charge on any atom is 0.0463 e. The van der Waals surface area contributed by atoms with Crippen LogP contribution >= 0.6 is 7.92 Å². The van der Waals surface area contributed by atoms with Gasteiger partial charge in [-0.15, -0.1) is 7.92 Å². The van der Waals surface area contributed by atoms with Crippen molar-refractivity contribution in [2.75, 3.05) is 23.8 Å². The SMILES string of the molecule is CCCCCCCCP(CCCCCCCC)CCCCCCCC.c1ccc(Nc2cccc3ccccc23)cc1. The molecule has 0 fully saturated rings. The van der Waals surface area contributed by atoms with E-state index in [-0.39, 0.29) is 0 Å². The second-order valence-electron chi connectivity index (χ2n) is 12.2. The van der Waals surface area contributed by atoms with Crippen molar-refractivity contribution in [3.8, 4) is 0 Å². The summed E-state index contributed by atoms with van der Waals surface area (Å²) in [5.41, 5.74) is 2.26. The maximum atomic E-state index is 3.45. The van der Waals surface area contributed by atoms with Gasteiger partial charge < -0.3 is 5.32 Å². The third kappa shape index (κ3) is 17.3. The fourth-order valence-electron chi connectivity index (χ4n) is 5.69. The number of fused-ring (bicyclic) bond motifs is 1. The summed E-state index contributed by atoms with van der Waals surface area (Å²) in [6.45, 7) is 6.96. The van der Waals surface area contributed by atoms with Gasteiger partial charge in [-0.3, -0.25) is 0 Å². The van der Waals surface area contributed by atoms with E-state index in [1.54, 1.807) is 18.5 Å². The molecule has 234 valence electrons. The van der Waals surface area contributed by atoms with Crippen LogP contribution in [0.1, 0.15) is 136 Å². The summed E-state index contributed by atoms with van der Waals surface area (Å²) < 4.78 is 0. The minimum absolute atomic E-state index is 0.366. The van der Waals surface area contributed by atoms with Crippen LogP contribution in [0.2, 0.25) is 0 Å². The zero-order valence-electron chi connectivity index (χ0n) is 27.7. The van der Waals surface area contributed by atoms with Crippen LogP contribution in [0, 0.1) is 0 Å². The summed E-state index contributed by atoms with van der Waals surface area (Å²) in [4.78, 5) is 0. The van der Waals surface area contributed by atoms with Gasteiger partial charge in [-0.25, -0.2) is 0 Å². The molecule has 0 bridgehead atoms. The minimum Gasteiger partial charge on any atom is -0.355 e. The molecule has 42 heavy (non-hydrogen) atoms. The number of hydrogen-bond donors (Lipinski definition) is 1. The average Bonchev–Trinajstić information content (AvgIpc) is 3.03. The standard InChI is InChI=1S/C24H51P.C16H13N/c1-4-7-10-13-16-19-22-25(23-20-17-14-11-8-5-2)24-21-18-15-12-9-6-3;1-2-9-14(10-3-1)17-16-12-6-8-13-7-4-5-11-15(13)16/h4-24H2,1-3H3;1-12,17H. The molecule has 0 saturated heterocycles. The first-order valence-corrected chi connectivity index (χ1v) is 19.7. The Hall–Kier alpha value is -1.85. The van der Waals surface area contributed by atoms with E-state index in [2.05, 4.69) is 80.7 Å². The van der Waals surface area contributed by atoms with Crippen molar-refractivity contribution in [3.63, 3.8) is 0 Å². The lowest BCUT2D eigenvalue weighted by molar-refractivity contribution is 0.617. The molecule has 0 radical (unpaired) electrons. The molecule has 3 aromatic carbocycles. The van der Waals surface area contributed by atoms with Crippen LogP contribution in [0.3, 0.4) is 0 Å². The number of benzene rings is 3. The number of rotatable bonds is 23. The molecule has 3 rings (SSSR count). The highest BCUT2D eigenvalue weighted by Crippen LogP contribution is 2.39. The summed E-state index contributed by atoms with van der Waals surface area (Å²) >= 11 is 0. The Morgan fingerprint density at radius 1 is 0.429 bits per heavy atom.